The molecule has 1 N–H and O–H groups in total. The second-order valence-electron chi connectivity index (χ2n) is 4.51. The largest absolute Gasteiger partial charge is 0.481 e. The molecule has 94 valence electrons. The monoisotopic (exact) mass is 230 g/mol. The third kappa shape index (κ3) is 5.44. The van der Waals surface area contributed by atoms with E-state index in [0.717, 1.165) is 32.8 Å². The second kappa shape index (κ2) is 6.83. The normalized spacial score (nSPS) is 22.6. The molecule has 5 heteroatoms. The summed E-state index contributed by atoms with van der Waals surface area (Å²) in [4.78, 5) is 14.8. The molecule has 1 aliphatic heterocycles. The lowest BCUT2D eigenvalue weighted by Gasteiger charge is -2.32. The summed E-state index contributed by atoms with van der Waals surface area (Å²) < 4.78 is 5.65. The zero-order valence-corrected chi connectivity index (χ0v) is 10.2. The molecule has 1 rings (SSSR count). The number of carbonyl (C=O) groups is 1. The number of ether oxygens (including phenoxy) is 1. The van der Waals surface area contributed by atoms with E-state index in [4.69, 9.17) is 9.84 Å². The number of carboxylic acid groups (broad SMARTS) is 1. The van der Waals surface area contributed by atoms with Gasteiger partial charge in [0.05, 0.1) is 12.7 Å². The fourth-order valence-corrected chi connectivity index (χ4v) is 1.92. The lowest BCUT2D eigenvalue weighted by Crippen LogP contribution is -2.45. The van der Waals surface area contributed by atoms with E-state index in [1.54, 1.807) is 0 Å². The Labute approximate surface area is 97.0 Å². The molecule has 0 aromatic heterocycles. The molecule has 0 aromatic carbocycles. The lowest BCUT2D eigenvalue weighted by molar-refractivity contribution is -0.137. The highest BCUT2D eigenvalue weighted by Crippen LogP contribution is 2.05. The van der Waals surface area contributed by atoms with Crippen molar-refractivity contribution in [2.45, 2.75) is 18.9 Å². The van der Waals surface area contributed by atoms with Crippen molar-refractivity contribution in [1.29, 1.82) is 0 Å². The molecule has 0 saturated carbocycles. The minimum Gasteiger partial charge on any atom is -0.481 e. The van der Waals surface area contributed by atoms with Crippen LogP contribution in [0.3, 0.4) is 0 Å². The predicted octanol–water partition coefficient (Wildman–Crippen LogP) is 0.114. The van der Waals surface area contributed by atoms with Gasteiger partial charge in [0, 0.05) is 26.1 Å². The maximum atomic E-state index is 10.4. The van der Waals surface area contributed by atoms with Gasteiger partial charge in [-0.25, -0.2) is 0 Å². The minimum absolute atomic E-state index is 0.246. The van der Waals surface area contributed by atoms with Crippen molar-refractivity contribution < 1.29 is 14.6 Å². The van der Waals surface area contributed by atoms with Gasteiger partial charge in [0.2, 0.25) is 0 Å². The molecule has 1 heterocycles. The van der Waals surface area contributed by atoms with E-state index < -0.39 is 5.97 Å². The van der Waals surface area contributed by atoms with E-state index in [1.807, 2.05) is 7.05 Å². The third-order valence-corrected chi connectivity index (χ3v) is 2.79. The van der Waals surface area contributed by atoms with Crippen molar-refractivity contribution in [1.82, 2.24) is 9.80 Å². The number of carboxylic acids is 1. The molecule has 0 bridgehead atoms. The Hall–Kier alpha value is -0.650. The fourth-order valence-electron chi connectivity index (χ4n) is 1.92. The average Bonchev–Trinajstić information content (AvgIpc) is 2.16. The molecular weight excluding hydrogens is 208 g/mol. The third-order valence-electron chi connectivity index (χ3n) is 2.79. The van der Waals surface area contributed by atoms with Crippen LogP contribution < -0.4 is 0 Å². The van der Waals surface area contributed by atoms with E-state index in [2.05, 4.69) is 16.8 Å². The van der Waals surface area contributed by atoms with Gasteiger partial charge in [-0.05, 0) is 27.1 Å². The van der Waals surface area contributed by atoms with Gasteiger partial charge in [0.15, 0.2) is 0 Å². The summed E-state index contributed by atoms with van der Waals surface area (Å²) in [5.41, 5.74) is 0. The summed E-state index contributed by atoms with van der Waals surface area (Å²) in [6.07, 6.45) is 1.21. The molecule has 5 nitrogen and oxygen atoms in total. The minimum atomic E-state index is -0.720. The van der Waals surface area contributed by atoms with Crippen molar-refractivity contribution >= 4 is 5.97 Å². The molecular formula is C11H22N2O3. The van der Waals surface area contributed by atoms with Crippen LogP contribution in [0.25, 0.3) is 0 Å². The molecule has 0 amide bonds. The molecule has 0 aromatic rings. The van der Waals surface area contributed by atoms with Crippen LogP contribution in [0.1, 0.15) is 12.8 Å². The van der Waals surface area contributed by atoms with Crippen LogP contribution in [-0.4, -0.2) is 73.9 Å². The van der Waals surface area contributed by atoms with Gasteiger partial charge < -0.3 is 19.6 Å². The van der Waals surface area contributed by atoms with E-state index in [-0.39, 0.29) is 12.5 Å². The van der Waals surface area contributed by atoms with E-state index in [0.29, 0.717) is 6.42 Å². The molecule has 1 unspecified atom stereocenters. The first-order chi connectivity index (χ1) is 7.58. The van der Waals surface area contributed by atoms with Gasteiger partial charge >= 0.3 is 5.97 Å². The van der Waals surface area contributed by atoms with Gasteiger partial charge in [0.1, 0.15) is 0 Å². The molecule has 0 aliphatic carbocycles. The SMILES string of the molecule is CN(CCCC(=O)O)CC1CN(C)CCO1. The van der Waals surface area contributed by atoms with Gasteiger partial charge in [-0.3, -0.25) is 4.79 Å². The number of rotatable bonds is 6. The number of likely N-dealkylation sites (N-methyl/N-ethyl adjacent to an activating group) is 2. The molecule has 1 saturated heterocycles. The lowest BCUT2D eigenvalue weighted by atomic mass is 10.2. The fraction of sp³-hybridized carbons (Fsp3) is 0.909. The maximum Gasteiger partial charge on any atom is 0.303 e. The van der Waals surface area contributed by atoms with Crippen molar-refractivity contribution in [3.8, 4) is 0 Å². The summed E-state index contributed by atoms with van der Waals surface area (Å²) in [6, 6.07) is 0. The Morgan fingerprint density at radius 3 is 3.00 bits per heavy atom. The van der Waals surface area contributed by atoms with Crippen molar-refractivity contribution in [3.63, 3.8) is 0 Å². The second-order valence-corrected chi connectivity index (χ2v) is 4.51. The highest BCUT2D eigenvalue weighted by molar-refractivity contribution is 5.66. The first-order valence-electron chi connectivity index (χ1n) is 5.78. The van der Waals surface area contributed by atoms with Crippen LogP contribution in [0.4, 0.5) is 0 Å². The van der Waals surface area contributed by atoms with Crippen LogP contribution in [0.15, 0.2) is 0 Å². The molecule has 1 aliphatic rings. The molecule has 1 atom stereocenters. The smallest absolute Gasteiger partial charge is 0.303 e. The number of hydrogen-bond donors (Lipinski definition) is 1. The number of nitrogens with zero attached hydrogens (tertiary/aromatic N) is 2. The van der Waals surface area contributed by atoms with Crippen LogP contribution in [0.5, 0.6) is 0 Å². The maximum absolute atomic E-state index is 10.4. The van der Waals surface area contributed by atoms with Crippen LogP contribution in [-0.2, 0) is 9.53 Å². The van der Waals surface area contributed by atoms with E-state index >= 15 is 0 Å². The molecule has 0 spiro atoms. The molecule has 16 heavy (non-hydrogen) atoms. The summed E-state index contributed by atoms with van der Waals surface area (Å²) in [6.45, 7) is 4.45. The van der Waals surface area contributed by atoms with Gasteiger partial charge in [0.25, 0.3) is 0 Å². The standard InChI is InChI=1S/C11H22N2O3/c1-12(5-3-4-11(14)15)8-10-9-13(2)6-7-16-10/h10H,3-9H2,1-2H3,(H,14,15). The Morgan fingerprint density at radius 1 is 1.62 bits per heavy atom. The highest BCUT2D eigenvalue weighted by atomic mass is 16.5. The Morgan fingerprint density at radius 2 is 2.38 bits per heavy atom. The first kappa shape index (κ1) is 13.4. The zero-order chi connectivity index (χ0) is 12.0. The highest BCUT2D eigenvalue weighted by Gasteiger charge is 2.18. The zero-order valence-electron chi connectivity index (χ0n) is 10.2. The Balaban J connectivity index is 2.12. The predicted molar refractivity (Wildman–Crippen MR) is 61.6 cm³/mol. The molecule has 0 radical (unpaired) electrons. The summed E-state index contributed by atoms with van der Waals surface area (Å²) >= 11 is 0. The van der Waals surface area contributed by atoms with Crippen LogP contribution in [0.2, 0.25) is 0 Å². The van der Waals surface area contributed by atoms with Gasteiger partial charge in [-0.1, -0.05) is 0 Å². The average molecular weight is 230 g/mol. The number of morpholine rings is 1. The van der Waals surface area contributed by atoms with Gasteiger partial charge in [-0.15, -0.1) is 0 Å². The topological polar surface area (TPSA) is 53.0 Å². The number of hydrogen-bond acceptors (Lipinski definition) is 4. The summed E-state index contributed by atoms with van der Waals surface area (Å²) in [7, 11) is 4.11. The van der Waals surface area contributed by atoms with Crippen molar-refractivity contribution in [2.75, 3.05) is 46.9 Å². The van der Waals surface area contributed by atoms with Crippen molar-refractivity contribution in [2.24, 2.45) is 0 Å². The summed E-state index contributed by atoms with van der Waals surface area (Å²) in [5.74, 6) is -0.720. The quantitative estimate of drug-likeness (QED) is 0.702. The van der Waals surface area contributed by atoms with Gasteiger partial charge in [-0.2, -0.15) is 0 Å². The van der Waals surface area contributed by atoms with E-state index in [1.165, 1.54) is 0 Å². The van der Waals surface area contributed by atoms with E-state index in [9.17, 15) is 4.79 Å². The number of aliphatic carboxylic acids is 1. The first-order valence-corrected chi connectivity index (χ1v) is 5.78. The summed E-state index contributed by atoms with van der Waals surface area (Å²) in [5, 5.41) is 8.53. The Kier molecular flexibility index (Phi) is 5.73. The van der Waals surface area contributed by atoms with Crippen molar-refractivity contribution in [3.05, 3.63) is 0 Å². The molecule has 1 fully saturated rings. The Bertz CT molecular complexity index is 223. The van der Waals surface area contributed by atoms with Crippen LogP contribution >= 0.6 is 0 Å². The van der Waals surface area contributed by atoms with Crippen LogP contribution in [0, 0.1) is 0 Å².